The van der Waals surface area contributed by atoms with Crippen molar-refractivity contribution in [3.63, 3.8) is 0 Å². The van der Waals surface area contributed by atoms with E-state index >= 15 is 0 Å². The Hall–Kier alpha value is -1.77. The van der Waals surface area contributed by atoms with Crippen LogP contribution in [0.3, 0.4) is 0 Å². The smallest absolute Gasteiger partial charge is 0.329 e. The first-order valence-corrected chi connectivity index (χ1v) is 11.7. The number of carbonyl (C=O) groups is 3. The van der Waals surface area contributed by atoms with Gasteiger partial charge in [0, 0.05) is 13.1 Å². The summed E-state index contributed by atoms with van der Waals surface area (Å²) in [4.78, 5) is 39.7. The summed E-state index contributed by atoms with van der Waals surface area (Å²) < 4.78 is 11.1. The zero-order chi connectivity index (χ0) is 22.3. The molecule has 1 aliphatic heterocycles. The van der Waals surface area contributed by atoms with Crippen molar-refractivity contribution >= 4 is 41.1 Å². The molecule has 30 heavy (non-hydrogen) atoms. The molecule has 2 amide bonds. The number of halogens is 1. The molecular weight excluding hydrogens is 428 g/mol. The van der Waals surface area contributed by atoms with Crippen molar-refractivity contribution in [2.45, 2.75) is 51.5 Å². The Kier molecular flexibility index (Phi) is 9.45. The zero-order valence-electron chi connectivity index (χ0n) is 17.7. The van der Waals surface area contributed by atoms with Crippen molar-refractivity contribution in [1.29, 1.82) is 0 Å². The first-order valence-electron chi connectivity index (χ1n) is 9.92. The van der Waals surface area contributed by atoms with E-state index in [1.54, 1.807) is 47.9 Å². The molecule has 1 aromatic carbocycles. The topological polar surface area (TPSA) is 84.9 Å². The molecule has 1 fully saturated rings. The quantitative estimate of drug-likeness (QED) is 0.605. The van der Waals surface area contributed by atoms with E-state index in [1.807, 2.05) is 20.1 Å². The summed E-state index contributed by atoms with van der Waals surface area (Å²) in [5.41, 5.74) is 0.279. The molecule has 1 aromatic rings. The molecule has 0 bridgehead atoms. The third-order valence-corrected chi connectivity index (χ3v) is 5.66. The lowest BCUT2D eigenvalue weighted by atomic mass is 10.1. The van der Waals surface area contributed by atoms with Gasteiger partial charge < -0.3 is 19.7 Å². The molecule has 4 unspecified atom stereocenters. The fraction of sp³-hybridized carbons (Fsp3) is 0.571. The summed E-state index contributed by atoms with van der Waals surface area (Å²) in [6, 6.07) is 5.73. The van der Waals surface area contributed by atoms with Crippen LogP contribution >= 0.6 is 23.4 Å². The monoisotopic (exact) mass is 456 g/mol. The van der Waals surface area contributed by atoms with Crippen LogP contribution in [0.5, 0.6) is 0 Å². The zero-order valence-corrected chi connectivity index (χ0v) is 19.3. The van der Waals surface area contributed by atoms with Crippen LogP contribution < -0.4 is 5.32 Å². The minimum Gasteiger partial charge on any atom is -0.451 e. The Morgan fingerprint density at radius 3 is 2.50 bits per heavy atom. The average molecular weight is 457 g/mol. The molecule has 4 atom stereocenters. The van der Waals surface area contributed by atoms with Gasteiger partial charge in [-0.1, -0.05) is 23.7 Å². The third-order valence-electron chi connectivity index (χ3n) is 4.69. The van der Waals surface area contributed by atoms with Gasteiger partial charge in [0.15, 0.2) is 6.10 Å². The molecule has 1 saturated heterocycles. The molecule has 166 valence electrons. The van der Waals surface area contributed by atoms with Crippen molar-refractivity contribution in [1.82, 2.24) is 10.2 Å². The molecule has 2 rings (SSSR count). The Labute approximate surface area is 186 Å². The van der Waals surface area contributed by atoms with Gasteiger partial charge in [0.2, 0.25) is 0 Å². The van der Waals surface area contributed by atoms with Gasteiger partial charge in [-0.15, -0.1) is 0 Å². The van der Waals surface area contributed by atoms with Crippen LogP contribution in [0.15, 0.2) is 24.3 Å². The first-order chi connectivity index (χ1) is 14.2. The highest BCUT2D eigenvalue weighted by Gasteiger charge is 2.32. The van der Waals surface area contributed by atoms with Crippen LogP contribution in [-0.2, 0) is 19.1 Å². The number of benzene rings is 1. The molecule has 0 saturated carbocycles. The lowest BCUT2D eigenvalue weighted by molar-refractivity contribution is -0.165. The molecule has 1 N–H and O–H groups in total. The third kappa shape index (κ3) is 6.89. The second kappa shape index (κ2) is 11.6. The number of morpholine rings is 1. The maximum Gasteiger partial charge on any atom is 0.329 e. The van der Waals surface area contributed by atoms with E-state index in [1.165, 1.54) is 0 Å². The Balaban J connectivity index is 2.02. The number of carbonyl (C=O) groups excluding carboxylic acids is 3. The SMILES string of the molecule is CSCCC(NC(=O)c1ccccc1Cl)C(=O)OC(C)C(=O)N1CC(C)OC(C)C1. The average Bonchev–Trinajstić information content (AvgIpc) is 2.69. The fourth-order valence-corrected chi connectivity index (χ4v) is 3.98. The van der Waals surface area contributed by atoms with Crippen molar-refractivity contribution in [3.05, 3.63) is 34.9 Å². The van der Waals surface area contributed by atoms with Crippen molar-refractivity contribution in [3.8, 4) is 0 Å². The van der Waals surface area contributed by atoms with Gasteiger partial charge in [0.05, 0.1) is 22.8 Å². The van der Waals surface area contributed by atoms with Crippen LogP contribution in [-0.4, -0.2) is 72.1 Å². The number of nitrogens with one attached hydrogen (secondary N) is 1. The maximum atomic E-state index is 12.8. The summed E-state index contributed by atoms with van der Waals surface area (Å²) in [6.45, 7) is 6.24. The number of nitrogens with zero attached hydrogens (tertiary/aromatic N) is 1. The summed E-state index contributed by atoms with van der Waals surface area (Å²) >= 11 is 7.63. The molecule has 1 aliphatic rings. The van der Waals surface area contributed by atoms with Gasteiger partial charge in [0.25, 0.3) is 11.8 Å². The predicted molar refractivity (Wildman–Crippen MR) is 118 cm³/mol. The van der Waals surface area contributed by atoms with Crippen LogP contribution in [0.4, 0.5) is 0 Å². The maximum absolute atomic E-state index is 12.8. The lowest BCUT2D eigenvalue weighted by Crippen LogP contribution is -2.52. The Morgan fingerprint density at radius 2 is 1.90 bits per heavy atom. The largest absolute Gasteiger partial charge is 0.451 e. The van der Waals surface area contributed by atoms with E-state index in [2.05, 4.69) is 5.32 Å². The summed E-state index contributed by atoms with van der Waals surface area (Å²) in [5, 5.41) is 2.99. The standard InChI is InChI=1S/C21H29ClN2O5S/c1-13-11-24(12-14(2)28-13)20(26)15(3)29-21(27)18(9-10-30-4)23-19(25)16-7-5-6-8-17(16)22/h5-8,13-15,18H,9-12H2,1-4H3,(H,23,25). The molecule has 0 aliphatic carbocycles. The molecule has 0 spiro atoms. The molecule has 9 heteroatoms. The summed E-state index contributed by atoms with van der Waals surface area (Å²) in [7, 11) is 0. The number of hydrogen-bond acceptors (Lipinski definition) is 6. The Bertz CT molecular complexity index is 753. The highest BCUT2D eigenvalue weighted by molar-refractivity contribution is 7.98. The van der Waals surface area contributed by atoms with Crippen LogP contribution in [0, 0.1) is 0 Å². The minimum atomic E-state index is -0.955. The van der Waals surface area contributed by atoms with E-state index < -0.39 is 24.0 Å². The van der Waals surface area contributed by atoms with E-state index in [4.69, 9.17) is 21.1 Å². The number of esters is 1. The van der Waals surface area contributed by atoms with Crippen LogP contribution in [0.2, 0.25) is 5.02 Å². The van der Waals surface area contributed by atoms with Gasteiger partial charge >= 0.3 is 5.97 Å². The lowest BCUT2D eigenvalue weighted by Gasteiger charge is -2.36. The molecule has 0 aromatic heterocycles. The second-order valence-corrected chi connectivity index (χ2v) is 8.76. The molecular formula is C21H29ClN2O5S. The normalized spacial score (nSPS) is 20.9. The van der Waals surface area contributed by atoms with Gasteiger partial charge in [-0.05, 0) is 51.3 Å². The highest BCUT2D eigenvalue weighted by Crippen LogP contribution is 2.16. The van der Waals surface area contributed by atoms with Gasteiger partial charge in [0.1, 0.15) is 6.04 Å². The van der Waals surface area contributed by atoms with Crippen molar-refractivity contribution < 1.29 is 23.9 Å². The number of hydrogen-bond donors (Lipinski definition) is 1. The predicted octanol–water partition coefficient (Wildman–Crippen LogP) is 2.76. The van der Waals surface area contributed by atoms with Crippen molar-refractivity contribution in [2.75, 3.05) is 25.1 Å². The number of amides is 2. The summed E-state index contributed by atoms with van der Waals surface area (Å²) in [6.07, 6.45) is 1.17. The first kappa shape index (κ1) is 24.5. The number of ether oxygens (including phenoxy) is 2. The number of rotatable bonds is 8. The van der Waals surface area contributed by atoms with E-state index in [0.717, 1.165) is 0 Å². The Morgan fingerprint density at radius 1 is 1.27 bits per heavy atom. The molecule has 1 heterocycles. The summed E-state index contributed by atoms with van der Waals surface area (Å²) in [5.74, 6) is -0.729. The van der Waals surface area contributed by atoms with Gasteiger partial charge in [-0.2, -0.15) is 11.8 Å². The second-order valence-electron chi connectivity index (χ2n) is 7.37. The highest BCUT2D eigenvalue weighted by atomic mass is 35.5. The molecule has 7 nitrogen and oxygen atoms in total. The van der Waals surface area contributed by atoms with E-state index in [0.29, 0.717) is 30.3 Å². The number of thioether (sulfide) groups is 1. The molecule has 0 radical (unpaired) electrons. The minimum absolute atomic E-state index is 0.0789. The van der Waals surface area contributed by atoms with E-state index in [-0.39, 0.29) is 23.7 Å². The van der Waals surface area contributed by atoms with Crippen molar-refractivity contribution in [2.24, 2.45) is 0 Å². The van der Waals surface area contributed by atoms with Crippen LogP contribution in [0.1, 0.15) is 37.6 Å². The fourth-order valence-electron chi connectivity index (χ4n) is 3.29. The van der Waals surface area contributed by atoms with Gasteiger partial charge in [-0.25, -0.2) is 4.79 Å². The van der Waals surface area contributed by atoms with Gasteiger partial charge in [-0.3, -0.25) is 9.59 Å². The van der Waals surface area contributed by atoms with Crippen LogP contribution in [0.25, 0.3) is 0 Å². The van der Waals surface area contributed by atoms with E-state index in [9.17, 15) is 14.4 Å².